The van der Waals surface area contributed by atoms with E-state index in [1.807, 2.05) is 6.92 Å². The van der Waals surface area contributed by atoms with Gasteiger partial charge in [-0.3, -0.25) is 9.59 Å². The van der Waals surface area contributed by atoms with E-state index in [0.29, 0.717) is 48.4 Å². The lowest BCUT2D eigenvalue weighted by atomic mass is 10.1. The zero-order valence-corrected chi connectivity index (χ0v) is 18.3. The van der Waals surface area contributed by atoms with E-state index in [1.54, 1.807) is 31.2 Å². The molecule has 2 amide bonds. The number of ether oxygens (including phenoxy) is 1. The van der Waals surface area contributed by atoms with Gasteiger partial charge in [-0.05, 0) is 56.2 Å². The minimum Gasteiger partial charge on any atom is -0.382 e. The van der Waals surface area contributed by atoms with Crippen LogP contribution in [0.3, 0.4) is 0 Å². The molecule has 0 saturated heterocycles. The first kappa shape index (κ1) is 23.7. The first-order valence-corrected chi connectivity index (χ1v) is 10.8. The highest BCUT2D eigenvalue weighted by Gasteiger charge is 2.33. The molecule has 0 aliphatic rings. The van der Waals surface area contributed by atoms with Gasteiger partial charge in [0.15, 0.2) is 0 Å². The van der Waals surface area contributed by atoms with E-state index in [9.17, 15) is 22.8 Å². The molecule has 2 N–H and O–H groups in total. The van der Waals surface area contributed by atoms with E-state index in [2.05, 4.69) is 15.6 Å². The number of carbonyl (C=O) groups is 2. The van der Waals surface area contributed by atoms with E-state index < -0.39 is 17.8 Å². The van der Waals surface area contributed by atoms with Crippen LogP contribution in [0.1, 0.15) is 44.6 Å². The van der Waals surface area contributed by atoms with Gasteiger partial charge in [-0.25, -0.2) is 4.98 Å². The number of thiophene rings is 1. The van der Waals surface area contributed by atoms with Gasteiger partial charge in [0.25, 0.3) is 11.8 Å². The summed E-state index contributed by atoms with van der Waals surface area (Å²) < 4.78 is 44.0. The van der Waals surface area contributed by atoms with Crippen LogP contribution >= 0.6 is 11.3 Å². The van der Waals surface area contributed by atoms with Crippen LogP contribution < -0.4 is 10.6 Å². The van der Waals surface area contributed by atoms with Crippen molar-refractivity contribution in [2.45, 2.75) is 26.4 Å². The van der Waals surface area contributed by atoms with Crippen LogP contribution in [0.15, 0.2) is 36.4 Å². The smallest absolute Gasteiger partial charge is 0.382 e. The summed E-state index contributed by atoms with van der Waals surface area (Å²) in [6.45, 7) is 5.20. The van der Waals surface area contributed by atoms with E-state index in [-0.39, 0.29) is 15.6 Å². The van der Waals surface area contributed by atoms with Crippen molar-refractivity contribution in [3.05, 3.63) is 58.1 Å². The first-order chi connectivity index (χ1) is 15.2. The Bertz CT molecular complexity index is 1130. The summed E-state index contributed by atoms with van der Waals surface area (Å²) in [6.07, 6.45) is -3.87. The number of pyridine rings is 1. The number of anilines is 1. The number of alkyl halides is 3. The van der Waals surface area contributed by atoms with Crippen molar-refractivity contribution < 1.29 is 27.5 Å². The summed E-state index contributed by atoms with van der Waals surface area (Å²) in [5.74, 6) is -0.757. The van der Waals surface area contributed by atoms with Gasteiger partial charge in [0.2, 0.25) is 0 Å². The molecule has 10 heteroatoms. The average Bonchev–Trinajstić information content (AvgIpc) is 3.09. The number of rotatable bonds is 8. The van der Waals surface area contributed by atoms with Crippen molar-refractivity contribution in [3.8, 4) is 0 Å². The summed E-state index contributed by atoms with van der Waals surface area (Å²) in [5, 5.41) is 5.98. The lowest BCUT2D eigenvalue weighted by Crippen LogP contribution is -2.25. The molecule has 32 heavy (non-hydrogen) atoms. The molecular weight excluding hydrogens is 443 g/mol. The molecule has 1 aromatic carbocycles. The van der Waals surface area contributed by atoms with Gasteiger partial charge in [-0.1, -0.05) is 6.07 Å². The van der Waals surface area contributed by atoms with E-state index in [1.165, 1.54) is 6.07 Å². The lowest BCUT2D eigenvalue weighted by molar-refractivity contribution is -0.140. The van der Waals surface area contributed by atoms with Gasteiger partial charge in [0.05, 0.1) is 4.88 Å². The van der Waals surface area contributed by atoms with Crippen molar-refractivity contribution >= 4 is 39.1 Å². The summed E-state index contributed by atoms with van der Waals surface area (Å²) in [5.41, 5.74) is 0.326. The zero-order valence-electron chi connectivity index (χ0n) is 17.5. The number of amides is 2. The third-order valence-corrected chi connectivity index (χ3v) is 5.84. The number of halogens is 3. The Hall–Kier alpha value is -2.98. The molecule has 2 heterocycles. The third kappa shape index (κ3) is 5.63. The number of benzene rings is 1. The van der Waals surface area contributed by atoms with Gasteiger partial charge < -0.3 is 15.4 Å². The van der Waals surface area contributed by atoms with Crippen LogP contribution in [-0.2, 0) is 10.9 Å². The summed E-state index contributed by atoms with van der Waals surface area (Å²) >= 11 is 0.895. The van der Waals surface area contributed by atoms with Gasteiger partial charge in [-0.2, -0.15) is 13.2 Å². The van der Waals surface area contributed by atoms with Gasteiger partial charge in [0, 0.05) is 36.4 Å². The number of aryl methyl sites for hydroxylation is 1. The second-order valence-electron chi connectivity index (χ2n) is 6.94. The topological polar surface area (TPSA) is 80.3 Å². The van der Waals surface area contributed by atoms with Crippen LogP contribution in [-0.4, -0.2) is 36.6 Å². The second-order valence-corrected chi connectivity index (χ2v) is 7.94. The van der Waals surface area contributed by atoms with Crippen LogP contribution in [0.25, 0.3) is 10.2 Å². The predicted molar refractivity (Wildman–Crippen MR) is 117 cm³/mol. The number of nitrogens with zero attached hydrogens (tertiary/aromatic N) is 1. The largest absolute Gasteiger partial charge is 0.433 e. The molecule has 0 aliphatic carbocycles. The van der Waals surface area contributed by atoms with E-state index in [4.69, 9.17) is 4.74 Å². The monoisotopic (exact) mass is 465 g/mol. The highest BCUT2D eigenvalue weighted by atomic mass is 32.1. The molecule has 0 unspecified atom stereocenters. The molecule has 0 fully saturated rings. The highest BCUT2D eigenvalue weighted by Crippen LogP contribution is 2.34. The Morgan fingerprint density at radius 1 is 1.16 bits per heavy atom. The molecule has 0 saturated carbocycles. The average molecular weight is 465 g/mol. The minimum atomic E-state index is -4.56. The molecule has 0 aliphatic heterocycles. The quantitative estimate of drug-likeness (QED) is 0.457. The number of nitrogens with one attached hydrogen (secondary N) is 2. The molecule has 0 spiro atoms. The van der Waals surface area contributed by atoms with Crippen LogP contribution in [0.5, 0.6) is 0 Å². The molecule has 2 aromatic heterocycles. The maximum atomic E-state index is 12.9. The van der Waals surface area contributed by atoms with Crippen LogP contribution in [0.2, 0.25) is 0 Å². The maximum Gasteiger partial charge on any atom is 0.433 e. The molecule has 0 radical (unpaired) electrons. The number of hydrogen-bond donors (Lipinski definition) is 2. The molecular formula is C22H22F3N3O3S. The Balaban J connectivity index is 1.72. The van der Waals surface area contributed by atoms with Gasteiger partial charge in [0.1, 0.15) is 10.5 Å². The fourth-order valence-corrected chi connectivity index (χ4v) is 4.10. The summed E-state index contributed by atoms with van der Waals surface area (Å²) in [7, 11) is 0. The van der Waals surface area contributed by atoms with Gasteiger partial charge in [-0.15, -0.1) is 11.3 Å². The fraction of sp³-hybridized carbons (Fsp3) is 0.318. The van der Waals surface area contributed by atoms with Gasteiger partial charge >= 0.3 is 6.18 Å². The van der Waals surface area contributed by atoms with Crippen molar-refractivity contribution in [2.24, 2.45) is 0 Å². The SMILES string of the molecule is CCOCCCNC(=O)c1cccc(NC(=O)c2sc3nc(C(F)(F)F)ccc3c2C)c1. The molecule has 6 nitrogen and oxygen atoms in total. The Kier molecular flexibility index (Phi) is 7.47. The standard InChI is InChI=1S/C22H22F3N3O3S/c1-3-31-11-5-10-26-19(29)14-6-4-7-15(12-14)27-20(30)18-13(2)16-8-9-17(22(23,24)25)28-21(16)32-18/h4,6-9,12H,3,5,10-11H2,1-2H3,(H,26,29)(H,27,30). The predicted octanol–water partition coefficient (Wildman–Crippen LogP) is 5.03. The fourth-order valence-electron chi connectivity index (χ4n) is 3.02. The number of hydrogen-bond acceptors (Lipinski definition) is 5. The Morgan fingerprint density at radius 3 is 2.66 bits per heavy atom. The summed E-state index contributed by atoms with van der Waals surface area (Å²) in [6, 6.07) is 8.66. The van der Waals surface area contributed by atoms with Crippen LogP contribution in [0, 0.1) is 6.92 Å². The van der Waals surface area contributed by atoms with Crippen molar-refractivity contribution in [2.75, 3.05) is 25.1 Å². The molecule has 0 atom stereocenters. The van der Waals surface area contributed by atoms with Crippen molar-refractivity contribution in [3.63, 3.8) is 0 Å². The lowest BCUT2D eigenvalue weighted by Gasteiger charge is -2.08. The molecule has 0 bridgehead atoms. The van der Waals surface area contributed by atoms with Crippen LogP contribution in [0.4, 0.5) is 18.9 Å². The van der Waals surface area contributed by atoms with Crippen molar-refractivity contribution in [1.29, 1.82) is 0 Å². The maximum absolute atomic E-state index is 12.9. The Morgan fingerprint density at radius 2 is 1.94 bits per heavy atom. The van der Waals surface area contributed by atoms with Crippen molar-refractivity contribution in [1.82, 2.24) is 10.3 Å². The zero-order chi connectivity index (χ0) is 23.3. The first-order valence-electron chi connectivity index (χ1n) is 9.95. The minimum absolute atomic E-state index is 0.141. The molecule has 170 valence electrons. The Labute approximate surface area is 186 Å². The second kappa shape index (κ2) is 10.1. The molecule has 3 aromatic rings. The van der Waals surface area contributed by atoms with E-state index >= 15 is 0 Å². The number of aromatic nitrogens is 1. The normalized spacial score (nSPS) is 11.5. The highest BCUT2D eigenvalue weighted by molar-refractivity contribution is 7.20. The number of fused-ring (bicyclic) bond motifs is 1. The number of carbonyl (C=O) groups excluding carboxylic acids is 2. The third-order valence-electron chi connectivity index (χ3n) is 4.64. The summed E-state index contributed by atoms with van der Waals surface area (Å²) in [4.78, 5) is 29.1. The van der Waals surface area contributed by atoms with E-state index in [0.717, 1.165) is 17.4 Å². The molecule has 3 rings (SSSR count).